The quantitative estimate of drug-likeness (QED) is 0.693. The van der Waals surface area contributed by atoms with Gasteiger partial charge in [0.15, 0.2) is 11.5 Å². The fraction of sp³-hybridized carbons (Fsp3) is 0.455. The van der Waals surface area contributed by atoms with Crippen molar-refractivity contribution >= 4 is 5.84 Å². The molecule has 4 rings (SSSR count). The normalized spacial score (nSPS) is 18.6. The number of aromatic nitrogens is 1. The van der Waals surface area contributed by atoms with Crippen LogP contribution in [0.5, 0.6) is 17.4 Å². The van der Waals surface area contributed by atoms with Gasteiger partial charge in [-0.15, -0.1) is 0 Å². The van der Waals surface area contributed by atoms with Gasteiger partial charge in [0.1, 0.15) is 5.84 Å². The molecule has 2 aliphatic rings. The van der Waals surface area contributed by atoms with Crippen LogP contribution in [0.2, 0.25) is 0 Å². The summed E-state index contributed by atoms with van der Waals surface area (Å²) in [4.78, 5) is 11.8. The molecule has 1 aromatic carbocycles. The summed E-state index contributed by atoms with van der Waals surface area (Å²) in [5.41, 5.74) is 0.913. The Balaban J connectivity index is 1.71. The van der Waals surface area contributed by atoms with Gasteiger partial charge in [0.05, 0.1) is 25.4 Å². The molecular formula is C22H27N3O3. The molecule has 3 heterocycles. The second kappa shape index (κ2) is 9.55. The largest absolute Gasteiger partial charge is 0.490 e. The van der Waals surface area contributed by atoms with Crippen LogP contribution in [0, 0.1) is 0 Å². The van der Waals surface area contributed by atoms with Gasteiger partial charge >= 0.3 is 0 Å². The fourth-order valence-corrected chi connectivity index (χ4v) is 3.47. The lowest BCUT2D eigenvalue weighted by Gasteiger charge is -2.30. The number of rotatable bonds is 0. The summed E-state index contributed by atoms with van der Waals surface area (Å²) in [7, 11) is 0. The molecule has 0 amide bonds. The Morgan fingerprint density at radius 3 is 2.54 bits per heavy atom. The highest BCUT2D eigenvalue weighted by molar-refractivity contribution is 6.00. The number of fused-ring (bicyclic) bond motifs is 2. The molecule has 6 heteroatoms. The number of hydrogen-bond acceptors (Lipinski definition) is 6. The van der Waals surface area contributed by atoms with E-state index in [-0.39, 0.29) is 0 Å². The number of ether oxygens (including phenoxy) is 3. The lowest BCUT2D eigenvalue weighted by atomic mass is 10.2. The number of benzene rings is 1. The molecule has 0 atom stereocenters. The lowest BCUT2D eigenvalue weighted by molar-refractivity contribution is 0.0681. The summed E-state index contributed by atoms with van der Waals surface area (Å²) < 4.78 is 17.7. The van der Waals surface area contributed by atoms with Crippen molar-refractivity contribution in [3.8, 4) is 17.4 Å². The van der Waals surface area contributed by atoms with Gasteiger partial charge < -0.3 is 19.1 Å². The highest BCUT2D eigenvalue weighted by Gasteiger charge is 2.21. The molecule has 6 nitrogen and oxygen atoms in total. The maximum atomic E-state index is 6.23. The van der Waals surface area contributed by atoms with Crippen LogP contribution < -0.4 is 9.47 Å². The Labute approximate surface area is 166 Å². The van der Waals surface area contributed by atoms with Crippen LogP contribution >= 0.6 is 0 Å². The molecule has 0 radical (unpaired) electrons. The van der Waals surface area contributed by atoms with Gasteiger partial charge in [-0.3, -0.25) is 4.99 Å². The average Bonchev–Trinajstić information content (AvgIpc) is 2.75. The number of pyridine rings is 1. The number of para-hydroxylation sites is 2. The molecule has 0 N–H and O–H groups in total. The maximum Gasteiger partial charge on any atom is 0.230 e. The number of aliphatic imine (C=N–C) groups is 1. The number of nitrogens with zero attached hydrogens (tertiary/aromatic N) is 3. The van der Waals surface area contributed by atoms with E-state index in [4.69, 9.17) is 19.2 Å². The molecule has 1 fully saturated rings. The number of morpholine rings is 1. The third kappa shape index (κ3) is 4.62. The predicted octanol–water partition coefficient (Wildman–Crippen LogP) is 3.91. The van der Waals surface area contributed by atoms with Gasteiger partial charge in [-0.2, -0.15) is 0 Å². The van der Waals surface area contributed by atoms with Crippen LogP contribution in [0.4, 0.5) is 0 Å². The van der Waals surface area contributed by atoms with Gasteiger partial charge in [0.2, 0.25) is 5.88 Å². The minimum Gasteiger partial charge on any atom is -0.490 e. The summed E-state index contributed by atoms with van der Waals surface area (Å²) >= 11 is 0. The van der Waals surface area contributed by atoms with Crippen molar-refractivity contribution in [3.05, 3.63) is 48.2 Å². The van der Waals surface area contributed by atoms with Crippen molar-refractivity contribution in [3.63, 3.8) is 0 Å². The Kier molecular flexibility index (Phi) is 6.40. The average molecular weight is 381 g/mol. The first-order valence-electron chi connectivity index (χ1n) is 10.1. The van der Waals surface area contributed by atoms with Crippen molar-refractivity contribution in [1.82, 2.24) is 9.88 Å². The van der Waals surface area contributed by atoms with E-state index in [2.05, 4.69) is 9.88 Å². The standard InChI is InChI=1S/C22H27N3O3/c1-2-6-15-27-19-9-3-4-10-20(19)28-22-18(8-7-12-24-22)21(23-11-5-1)25-13-16-26-17-14-25/h3-4,7-10,12H,1-2,5-6,11,13-17H2. The lowest BCUT2D eigenvalue weighted by Crippen LogP contribution is -2.41. The highest BCUT2D eigenvalue weighted by atomic mass is 16.5. The van der Waals surface area contributed by atoms with Crippen LogP contribution in [0.1, 0.15) is 31.2 Å². The van der Waals surface area contributed by atoms with Gasteiger partial charge in [-0.1, -0.05) is 18.6 Å². The molecule has 0 bridgehead atoms. The second-order valence-corrected chi connectivity index (χ2v) is 6.97. The van der Waals surface area contributed by atoms with E-state index >= 15 is 0 Å². The Hall–Kier alpha value is -2.60. The van der Waals surface area contributed by atoms with Gasteiger partial charge in [0, 0.05) is 25.8 Å². The number of hydrogen-bond donors (Lipinski definition) is 0. The van der Waals surface area contributed by atoms with E-state index in [1.165, 1.54) is 0 Å². The first kappa shape index (κ1) is 18.7. The number of amidine groups is 1. The molecule has 0 saturated carbocycles. The van der Waals surface area contributed by atoms with Gasteiger partial charge in [-0.25, -0.2) is 4.98 Å². The van der Waals surface area contributed by atoms with Crippen molar-refractivity contribution < 1.29 is 14.2 Å². The highest BCUT2D eigenvalue weighted by Crippen LogP contribution is 2.32. The summed E-state index contributed by atoms with van der Waals surface area (Å²) in [6.45, 7) is 4.58. The Morgan fingerprint density at radius 2 is 1.64 bits per heavy atom. The third-order valence-electron chi connectivity index (χ3n) is 4.95. The Bertz CT molecular complexity index is 803. The monoisotopic (exact) mass is 381 g/mol. The topological polar surface area (TPSA) is 56.2 Å². The van der Waals surface area contributed by atoms with E-state index in [1.54, 1.807) is 6.20 Å². The van der Waals surface area contributed by atoms with E-state index in [9.17, 15) is 0 Å². The molecular weight excluding hydrogens is 354 g/mol. The molecule has 1 aromatic heterocycles. The molecule has 28 heavy (non-hydrogen) atoms. The molecule has 0 unspecified atom stereocenters. The Morgan fingerprint density at radius 1 is 0.821 bits per heavy atom. The zero-order chi connectivity index (χ0) is 19.0. The molecule has 0 spiro atoms. The third-order valence-corrected chi connectivity index (χ3v) is 4.95. The van der Waals surface area contributed by atoms with Crippen LogP contribution in [-0.2, 0) is 4.74 Å². The molecule has 2 aliphatic heterocycles. The summed E-state index contributed by atoms with van der Waals surface area (Å²) in [6.07, 6.45) is 6.15. The van der Waals surface area contributed by atoms with E-state index in [1.807, 2.05) is 36.4 Å². The van der Waals surface area contributed by atoms with Crippen LogP contribution in [0.25, 0.3) is 0 Å². The van der Waals surface area contributed by atoms with Crippen LogP contribution in [0.15, 0.2) is 47.6 Å². The second-order valence-electron chi connectivity index (χ2n) is 6.97. The summed E-state index contributed by atoms with van der Waals surface area (Å²) in [5, 5.41) is 0. The van der Waals surface area contributed by atoms with Gasteiger partial charge in [0.25, 0.3) is 0 Å². The van der Waals surface area contributed by atoms with Crippen molar-refractivity contribution in [2.45, 2.75) is 25.7 Å². The zero-order valence-electron chi connectivity index (χ0n) is 16.2. The SMILES string of the molecule is c1ccc2c(c1)OCCCCCCN=C(N1CCOCC1)c1cccnc1O2. The van der Waals surface area contributed by atoms with E-state index in [0.29, 0.717) is 31.5 Å². The predicted molar refractivity (Wildman–Crippen MR) is 109 cm³/mol. The van der Waals surface area contributed by atoms with Crippen LogP contribution in [0.3, 0.4) is 0 Å². The zero-order valence-corrected chi connectivity index (χ0v) is 16.2. The molecule has 148 valence electrons. The smallest absolute Gasteiger partial charge is 0.230 e. The van der Waals surface area contributed by atoms with Gasteiger partial charge in [-0.05, 0) is 43.5 Å². The minimum absolute atomic E-state index is 0.556. The van der Waals surface area contributed by atoms with E-state index in [0.717, 1.165) is 62.5 Å². The van der Waals surface area contributed by atoms with Crippen molar-refractivity contribution in [2.75, 3.05) is 39.5 Å². The molecule has 0 aliphatic carbocycles. The minimum atomic E-state index is 0.556. The fourth-order valence-electron chi connectivity index (χ4n) is 3.47. The summed E-state index contributed by atoms with van der Waals surface area (Å²) in [6, 6.07) is 11.7. The van der Waals surface area contributed by atoms with Crippen molar-refractivity contribution in [2.24, 2.45) is 4.99 Å². The molecule has 2 aromatic rings. The van der Waals surface area contributed by atoms with Crippen LogP contribution in [-0.4, -0.2) is 55.2 Å². The van der Waals surface area contributed by atoms with Crippen molar-refractivity contribution in [1.29, 1.82) is 0 Å². The first-order valence-corrected chi connectivity index (χ1v) is 10.1. The first-order chi connectivity index (χ1) is 13.9. The van der Waals surface area contributed by atoms with E-state index < -0.39 is 0 Å². The summed E-state index contributed by atoms with van der Waals surface area (Å²) in [5.74, 6) is 2.93. The maximum absolute atomic E-state index is 6.23. The molecule has 1 saturated heterocycles.